The van der Waals surface area contributed by atoms with Crippen LogP contribution in [-0.2, 0) is 4.74 Å². The Morgan fingerprint density at radius 3 is 2.68 bits per heavy atom. The number of rotatable bonds is 8. The number of carbonyl (C=O) groups excluding carboxylic acids is 1. The maximum Gasteiger partial charge on any atom is 0.248 e. The van der Waals surface area contributed by atoms with Crippen molar-refractivity contribution in [1.29, 1.82) is 0 Å². The van der Waals surface area contributed by atoms with Crippen molar-refractivity contribution in [3.05, 3.63) is 29.8 Å². The van der Waals surface area contributed by atoms with E-state index in [1.165, 1.54) is 0 Å². The minimum Gasteiger partial charge on any atom is -0.494 e. The van der Waals surface area contributed by atoms with Gasteiger partial charge < -0.3 is 20.3 Å². The Morgan fingerprint density at radius 2 is 2.14 bits per heavy atom. The van der Waals surface area contributed by atoms with E-state index < -0.39 is 12.0 Å². The molecule has 1 amide bonds. The van der Waals surface area contributed by atoms with Crippen molar-refractivity contribution in [2.45, 2.75) is 25.5 Å². The summed E-state index contributed by atoms with van der Waals surface area (Å²) in [4.78, 5) is 13.2. The minimum atomic E-state index is -0.442. The molecule has 0 saturated carbocycles. The van der Waals surface area contributed by atoms with Crippen molar-refractivity contribution in [3.63, 3.8) is 0 Å². The molecule has 1 fully saturated rings. The van der Waals surface area contributed by atoms with E-state index in [9.17, 15) is 9.90 Å². The number of aliphatic hydroxyl groups excluding tert-OH is 1. The van der Waals surface area contributed by atoms with Gasteiger partial charge in [-0.15, -0.1) is 0 Å². The van der Waals surface area contributed by atoms with Crippen molar-refractivity contribution < 1.29 is 19.4 Å². The quantitative estimate of drug-likeness (QED) is 0.688. The van der Waals surface area contributed by atoms with Crippen LogP contribution in [0.3, 0.4) is 0 Å². The number of ether oxygens (including phenoxy) is 2. The lowest BCUT2D eigenvalue weighted by Gasteiger charge is -2.28. The van der Waals surface area contributed by atoms with Gasteiger partial charge in [0.1, 0.15) is 5.75 Å². The average molecular weight is 308 g/mol. The Hall–Kier alpha value is -1.63. The molecule has 0 spiro atoms. The Balaban J connectivity index is 1.72. The highest BCUT2D eigenvalue weighted by Gasteiger charge is 2.30. The zero-order valence-electron chi connectivity index (χ0n) is 12.9. The number of nitrogens with two attached hydrogens (primary N) is 1. The summed E-state index contributed by atoms with van der Waals surface area (Å²) in [5.41, 5.74) is 5.66. The molecule has 1 saturated heterocycles. The van der Waals surface area contributed by atoms with E-state index in [1.807, 2.05) is 0 Å². The molecule has 0 aliphatic carbocycles. The fraction of sp³-hybridized carbons (Fsp3) is 0.562. The molecule has 122 valence electrons. The number of aliphatic hydroxyl groups is 1. The molecule has 0 unspecified atom stereocenters. The van der Waals surface area contributed by atoms with Crippen LogP contribution >= 0.6 is 0 Å². The molecule has 0 radical (unpaired) electrons. The van der Waals surface area contributed by atoms with Gasteiger partial charge in [-0.1, -0.05) is 6.92 Å². The third-order valence-corrected chi connectivity index (χ3v) is 3.89. The van der Waals surface area contributed by atoms with E-state index in [0.717, 1.165) is 25.3 Å². The van der Waals surface area contributed by atoms with Crippen LogP contribution in [0, 0.1) is 0 Å². The third kappa shape index (κ3) is 4.43. The van der Waals surface area contributed by atoms with Crippen LogP contribution in [0.25, 0.3) is 0 Å². The minimum absolute atomic E-state index is 0.0832. The van der Waals surface area contributed by atoms with Gasteiger partial charge in [0.2, 0.25) is 5.91 Å². The Labute approximate surface area is 130 Å². The molecule has 2 rings (SSSR count). The summed E-state index contributed by atoms with van der Waals surface area (Å²) in [6.07, 6.45) is 0.455. The van der Waals surface area contributed by atoms with E-state index in [-0.39, 0.29) is 6.04 Å². The standard InChI is InChI=1S/C16H24N2O4/c1-2-18(14-10-21-11-15(14)19)8-3-9-22-13-6-4-12(5-7-13)16(17)20/h4-7,14-15,19H,2-3,8-11H2,1H3,(H2,17,20)/t14-,15-/m0/s1. The van der Waals surface area contributed by atoms with Crippen molar-refractivity contribution in [2.24, 2.45) is 5.73 Å². The van der Waals surface area contributed by atoms with Crippen LogP contribution in [0.1, 0.15) is 23.7 Å². The zero-order chi connectivity index (χ0) is 15.9. The number of hydrogen-bond acceptors (Lipinski definition) is 5. The summed E-state index contributed by atoms with van der Waals surface area (Å²) in [6, 6.07) is 6.88. The van der Waals surface area contributed by atoms with Crippen molar-refractivity contribution in [1.82, 2.24) is 4.90 Å². The van der Waals surface area contributed by atoms with Crippen LogP contribution in [-0.4, -0.2) is 61.0 Å². The molecule has 0 aromatic heterocycles. The maximum absolute atomic E-state index is 11.0. The van der Waals surface area contributed by atoms with E-state index >= 15 is 0 Å². The van der Waals surface area contributed by atoms with Gasteiger partial charge in [0.25, 0.3) is 0 Å². The lowest BCUT2D eigenvalue weighted by atomic mass is 10.1. The molecule has 6 heteroatoms. The SMILES string of the molecule is CCN(CCCOc1ccc(C(N)=O)cc1)[C@H]1COC[C@@H]1O. The molecule has 1 aliphatic heterocycles. The number of hydrogen-bond donors (Lipinski definition) is 2. The van der Waals surface area contributed by atoms with Gasteiger partial charge in [0.15, 0.2) is 0 Å². The summed E-state index contributed by atoms with van der Waals surface area (Å²) in [6.45, 7) is 5.39. The number of amides is 1. The molecular formula is C16H24N2O4. The predicted octanol–water partition coefficient (Wildman–Crippen LogP) is 0.636. The Morgan fingerprint density at radius 1 is 1.41 bits per heavy atom. The predicted molar refractivity (Wildman–Crippen MR) is 82.9 cm³/mol. The highest BCUT2D eigenvalue weighted by molar-refractivity contribution is 5.92. The molecule has 0 bridgehead atoms. The first-order valence-electron chi connectivity index (χ1n) is 7.64. The van der Waals surface area contributed by atoms with E-state index in [2.05, 4.69) is 11.8 Å². The molecular weight excluding hydrogens is 284 g/mol. The topological polar surface area (TPSA) is 85.0 Å². The fourth-order valence-corrected chi connectivity index (χ4v) is 2.61. The van der Waals surface area contributed by atoms with Gasteiger partial charge in [-0.05, 0) is 37.2 Å². The van der Waals surface area contributed by atoms with Gasteiger partial charge in [-0.25, -0.2) is 0 Å². The maximum atomic E-state index is 11.0. The first-order chi connectivity index (χ1) is 10.6. The second kappa shape index (κ2) is 8.12. The number of nitrogens with zero attached hydrogens (tertiary/aromatic N) is 1. The zero-order valence-corrected chi connectivity index (χ0v) is 12.9. The van der Waals surface area contributed by atoms with Crippen molar-refractivity contribution in [3.8, 4) is 5.75 Å². The van der Waals surface area contributed by atoms with E-state index in [4.69, 9.17) is 15.2 Å². The second-order valence-electron chi connectivity index (χ2n) is 5.39. The average Bonchev–Trinajstić information content (AvgIpc) is 2.94. The van der Waals surface area contributed by atoms with Crippen LogP contribution in [0.5, 0.6) is 5.75 Å². The van der Waals surface area contributed by atoms with E-state index in [0.29, 0.717) is 25.4 Å². The third-order valence-electron chi connectivity index (χ3n) is 3.89. The Kier molecular flexibility index (Phi) is 6.18. The van der Waals surface area contributed by atoms with Crippen LogP contribution in [0.4, 0.5) is 0 Å². The van der Waals surface area contributed by atoms with Crippen molar-refractivity contribution >= 4 is 5.91 Å². The van der Waals surface area contributed by atoms with Crippen LogP contribution < -0.4 is 10.5 Å². The second-order valence-corrected chi connectivity index (χ2v) is 5.39. The summed E-state index contributed by atoms with van der Waals surface area (Å²) >= 11 is 0. The number of carbonyl (C=O) groups is 1. The smallest absolute Gasteiger partial charge is 0.248 e. The fourth-order valence-electron chi connectivity index (χ4n) is 2.61. The largest absolute Gasteiger partial charge is 0.494 e. The Bertz CT molecular complexity index is 478. The van der Waals surface area contributed by atoms with Gasteiger partial charge in [-0.2, -0.15) is 0 Å². The van der Waals surface area contributed by atoms with Gasteiger partial charge in [0.05, 0.1) is 32.0 Å². The summed E-state index contributed by atoms with van der Waals surface area (Å²) in [5.74, 6) is 0.278. The molecule has 6 nitrogen and oxygen atoms in total. The van der Waals surface area contributed by atoms with Crippen LogP contribution in [0.15, 0.2) is 24.3 Å². The molecule has 1 aromatic carbocycles. The first-order valence-corrected chi connectivity index (χ1v) is 7.64. The summed E-state index contributed by atoms with van der Waals surface area (Å²) in [5, 5.41) is 9.86. The lowest BCUT2D eigenvalue weighted by molar-refractivity contribution is 0.0816. The van der Waals surface area contributed by atoms with Gasteiger partial charge in [-0.3, -0.25) is 9.69 Å². The van der Waals surface area contributed by atoms with E-state index in [1.54, 1.807) is 24.3 Å². The first kappa shape index (κ1) is 16.7. The molecule has 1 aromatic rings. The molecule has 2 atom stereocenters. The molecule has 22 heavy (non-hydrogen) atoms. The highest BCUT2D eigenvalue weighted by atomic mass is 16.5. The number of benzene rings is 1. The highest BCUT2D eigenvalue weighted by Crippen LogP contribution is 2.15. The molecule has 1 heterocycles. The molecule has 1 aliphatic rings. The lowest BCUT2D eigenvalue weighted by Crippen LogP contribution is -2.43. The normalized spacial score (nSPS) is 21.2. The summed E-state index contributed by atoms with van der Waals surface area (Å²) in [7, 11) is 0. The van der Waals surface area contributed by atoms with Crippen LogP contribution in [0.2, 0.25) is 0 Å². The van der Waals surface area contributed by atoms with Crippen molar-refractivity contribution in [2.75, 3.05) is 32.9 Å². The summed E-state index contributed by atoms with van der Waals surface area (Å²) < 4.78 is 11.0. The van der Waals surface area contributed by atoms with Gasteiger partial charge >= 0.3 is 0 Å². The monoisotopic (exact) mass is 308 g/mol. The number of likely N-dealkylation sites (N-methyl/N-ethyl adjacent to an activating group) is 1. The molecule has 3 N–H and O–H groups in total. The number of primary amides is 1. The van der Waals surface area contributed by atoms with Gasteiger partial charge in [0, 0.05) is 12.1 Å².